The van der Waals surface area contributed by atoms with Crippen molar-refractivity contribution in [1.82, 2.24) is 39.3 Å². The molecule has 2 aliphatic rings. The molecule has 10 nitrogen and oxygen atoms in total. The van der Waals surface area contributed by atoms with Crippen LogP contribution in [0.1, 0.15) is 25.3 Å². The standard InChI is InChI=1S/C28H32N8O2/c1-33-16-21(11-26(33)37)28(38)35-8-6-25(7-9-35)36-18-24(15-32-36)22-12-29-27(30-13-22)20-5-3-4-19(10-20)23-14-31-34(2)17-23/h3-5,10,12-15,17-18,21,25-26,37H,6-9,11,16H2,1-2H3. The first-order valence-electron chi connectivity index (χ1n) is 13.1. The molecule has 10 heteroatoms. The van der Waals surface area contributed by atoms with Crippen molar-refractivity contribution in [2.24, 2.45) is 13.0 Å². The zero-order valence-corrected chi connectivity index (χ0v) is 21.7. The lowest BCUT2D eigenvalue weighted by Crippen LogP contribution is -2.42. The van der Waals surface area contributed by atoms with E-state index in [9.17, 15) is 9.90 Å². The van der Waals surface area contributed by atoms with Crippen molar-refractivity contribution < 1.29 is 9.90 Å². The van der Waals surface area contributed by atoms with Gasteiger partial charge in [0.2, 0.25) is 5.91 Å². The van der Waals surface area contributed by atoms with Gasteiger partial charge in [-0.2, -0.15) is 10.2 Å². The van der Waals surface area contributed by atoms with Gasteiger partial charge in [-0.25, -0.2) is 9.97 Å². The molecule has 2 unspecified atom stereocenters. The Morgan fingerprint density at radius 2 is 1.61 bits per heavy atom. The number of carbonyl (C=O) groups is 1. The van der Waals surface area contributed by atoms with E-state index >= 15 is 0 Å². The number of amides is 1. The van der Waals surface area contributed by atoms with Crippen molar-refractivity contribution in [3.8, 4) is 33.6 Å². The number of rotatable bonds is 5. The molecule has 38 heavy (non-hydrogen) atoms. The SMILES string of the molecule is CN1CC(C(=O)N2CCC(n3cc(-c4cnc(-c5cccc(-c6cnn(C)c6)c5)nc4)cn3)CC2)CC1O. The summed E-state index contributed by atoms with van der Waals surface area (Å²) in [5, 5.41) is 18.8. The summed E-state index contributed by atoms with van der Waals surface area (Å²) < 4.78 is 3.80. The van der Waals surface area contributed by atoms with Crippen LogP contribution in [-0.4, -0.2) is 83.3 Å². The fraction of sp³-hybridized carbons (Fsp3) is 0.393. The molecule has 2 fully saturated rings. The van der Waals surface area contributed by atoms with Crippen LogP contribution in [0.2, 0.25) is 0 Å². The quantitative estimate of drug-likeness (QED) is 0.438. The third kappa shape index (κ3) is 4.84. The van der Waals surface area contributed by atoms with Gasteiger partial charge in [-0.15, -0.1) is 0 Å². The summed E-state index contributed by atoms with van der Waals surface area (Å²) in [5.41, 5.74) is 4.97. The number of aliphatic hydroxyl groups is 1. The average Bonchev–Trinajstić information content (AvgIpc) is 3.69. The van der Waals surface area contributed by atoms with Crippen LogP contribution < -0.4 is 0 Å². The van der Waals surface area contributed by atoms with Gasteiger partial charge >= 0.3 is 0 Å². The molecule has 0 radical (unpaired) electrons. The molecule has 2 aliphatic heterocycles. The van der Waals surface area contributed by atoms with Gasteiger partial charge in [0.1, 0.15) is 6.23 Å². The topological polar surface area (TPSA) is 105 Å². The van der Waals surface area contributed by atoms with E-state index in [0.29, 0.717) is 31.9 Å². The van der Waals surface area contributed by atoms with E-state index in [0.717, 1.165) is 40.7 Å². The molecule has 5 heterocycles. The Labute approximate surface area is 221 Å². The Bertz CT molecular complexity index is 1410. The molecule has 0 spiro atoms. The van der Waals surface area contributed by atoms with Crippen LogP contribution in [0.25, 0.3) is 33.6 Å². The third-order valence-corrected chi connectivity index (χ3v) is 7.76. The zero-order valence-electron chi connectivity index (χ0n) is 21.7. The van der Waals surface area contributed by atoms with Crippen LogP contribution in [0, 0.1) is 5.92 Å². The first-order valence-corrected chi connectivity index (χ1v) is 13.1. The Hall–Kier alpha value is -3.89. The van der Waals surface area contributed by atoms with E-state index in [1.807, 2.05) is 77.9 Å². The molecule has 0 bridgehead atoms. The second-order valence-corrected chi connectivity index (χ2v) is 10.4. The second kappa shape index (κ2) is 10.1. The maximum absolute atomic E-state index is 12.9. The van der Waals surface area contributed by atoms with Crippen molar-refractivity contribution >= 4 is 5.91 Å². The lowest BCUT2D eigenvalue weighted by atomic mass is 10.0. The first kappa shape index (κ1) is 24.4. The highest BCUT2D eigenvalue weighted by Crippen LogP contribution is 2.29. The summed E-state index contributed by atoms with van der Waals surface area (Å²) in [7, 11) is 3.77. The van der Waals surface area contributed by atoms with Crippen molar-refractivity contribution in [1.29, 1.82) is 0 Å². The normalized spacial score (nSPS) is 20.8. The maximum atomic E-state index is 12.9. The largest absolute Gasteiger partial charge is 0.378 e. The van der Waals surface area contributed by atoms with Crippen molar-refractivity contribution in [3.63, 3.8) is 0 Å². The van der Waals surface area contributed by atoms with Gasteiger partial charge in [-0.05, 0) is 37.9 Å². The van der Waals surface area contributed by atoms with Gasteiger partial charge in [0.25, 0.3) is 0 Å². The number of piperidine rings is 1. The predicted octanol–water partition coefficient (Wildman–Crippen LogP) is 2.84. The molecule has 0 saturated carbocycles. The van der Waals surface area contributed by atoms with Crippen LogP contribution >= 0.6 is 0 Å². The number of hydrogen-bond donors (Lipinski definition) is 1. The number of likely N-dealkylation sites (tertiary alicyclic amines) is 2. The molecule has 1 N–H and O–H groups in total. The smallest absolute Gasteiger partial charge is 0.227 e. The summed E-state index contributed by atoms with van der Waals surface area (Å²) >= 11 is 0. The highest BCUT2D eigenvalue weighted by atomic mass is 16.3. The third-order valence-electron chi connectivity index (χ3n) is 7.76. The van der Waals surface area contributed by atoms with Gasteiger partial charge in [-0.1, -0.05) is 18.2 Å². The van der Waals surface area contributed by atoms with Gasteiger partial charge in [0.05, 0.1) is 24.4 Å². The number of hydrogen-bond acceptors (Lipinski definition) is 7. The van der Waals surface area contributed by atoms with E-state index in [1.54, 1.807) is 4.68 Å². The maximum Gasteiger partial charge on any atom is 0.227 e. The van der Waals surface area contributed by atoms with E-state index in [1.165, 1.54) is 0 Å². The van der Waals surface area contributed by atoms with Gasteiger partial charge in [0.15, 0.2) is 5.82 Å². The van der Waals surface area contributed by atoms with E-state index in [-0.39, 0.29) is 17.9 Å². The minimum atomic E-state index is -0.515. The molecular weight excluding hydrogens is 480 g/mol. The fourth-order valence-electron chi connectivity index (χ4n) is 5.49. The summed E-state index contributed by atoms with van der Waals surface area (Å²) in [6.07, 6.45) is 13.2. The fourth-order valence-corrected chi connectivity index (χ4v) is 5.49. The van der Waals surface area contributed by atoms with Gasteiger partial charge in [0, 0.05) is 73.7 Å². The van der Waals surface area contributed by atoms with Gasteiger partial charge < -0.3 is 10.0 Å². The van der Waals surface area contributed by atoms with Crippen LogP contribution in [0.15, 0.2) is 61.4 Å². The van der Waals surface area contributed by atoms with Crippen molar-refractivity contribution in [2.45, 2.75) is 31.5 Å². The predicted molar refractivity (Wildman–Crippen MR) is 142 cm³/mol. The highest BCUT2D eigenvalue weighted by molar-refractivity contribution is 5.79. The Kier molecular flexibility index (Phi) is 6.50. The molecular formula is C28H32N8O2. The Morgan fingerprint density at radius 1 is 0.895 bits per heavy atom. The number of benzene rings is 1. The van der Waals surface area contributed by atoms with Gasteiger partial charge in [-0.3, -0.25) is 19.1 Å². The first-order chi connectivity index (χ1) is 18.4. The molecule has 1 aromatic carbocycles. The van der Waals surface area contributed by atoms with Crippen LogP contribution in [0.5, 0.6) is 0 Å². The molecule has 0 aliphatic carbocycles. The summed E-state index contributed by atoms with van der Waals surface area (Å²) in [6, 6.07) is 8.40. The number of carbonyl (C=O) groups excluding carboxylic acids is 1. The minimum absolute atomic E-state index is 0.108. The Morgan fingerprint density at radius 3 is 2.29 bits per heavy atom. The van der Waals surface area contributed by atoms with Crippen molar-refractivity contribution in [2.75, 3.05) is 26.7 Å². The number of aliphatic hydroxyl groups excluding tert-OH is 1. The molecule has 3 aromatic heterocycles. The van der Waals surface area contributed by atoms with E-state index in [4.69, 9.17) is 0 Å². The number of nitrogens with zero attached hydrogens (tertiary/aromatic N) is 8. The van der Waals surface area contributed by atoms with E-state index in [2.05, 4.69) is 32.3 Å². The highest BCUT2D eigenvalue weighted by Gasteiger charge is 2.36. The van der Waals surface area contributed by atoms with Crippen LogP contribution in [-0.2, 0) is 11.8 Å². The van der Waals surface area contributed by atoms with E-state index < -0.39 is 6.23 Å². The molecule has 2 saturated heterocycles. The average molecular weight is 513 g/mol. The zero-order chi connectivity index (χ0) is 26.2. The Balaban J connectivity index is 1.09. The van der Waals surface area contributed by atoms with Crippen molar-refractivity contribution in [3.05, 3.63) is 61.4 Å². The summed E-state index contributed by atoms with van der Waals surface area (Å²) in [4.78, 5) is 25.9. The molecule has 6 rings (SSSR count). The van der Waals surface area contributed by atoms with Crippen LogP contribution in [0.3, 0.4) is 0 Å². The van der Waals surface area contributed by atoms with Crippen LogP contribution in [0.4, 0.5) is 0 Å². The second-order valence-electron chi connectivity index (χ2n) is 10.4. The lowest BCUT2D eigenvalue weighted by molar-refractivity contribution is -0.136. The summed E-state index contributed by atoms with van der Waals surface area (Å²) in [6.45, 7) is 2.05. The number of aryl methyl sites for hydroxylation is 1. The number of aromatic nitrogens is 6. The molecule has 196 valence electrons. The molecule has 1 amide bonds. The molecule has 2 atom stereocenters. The monoisotopic (exact) mass is 512 g/mol. The molecule has 4 aromatic rings. The lowest BCUT2D eigenvalue weighted by Gasteiger charge is -2.33. The summed E-state index contributed by atoms with van der Waals surface area (Å²) in [5.74, 6) is 0.727. The minimum Gasteiger partial charge on any atom is -0.378 e.